The highest BCUT2D eigenvalue weighted by molar-refractivity contribution is 7.73. The zero-order valence-electron chi connectivity index (χ0n) is 50.7. The normalized spacial score (nSPS) is 24.6. The number of aryl methyl sites for hydroxylation is 4. The molecule has 5 aromatic rings. The average molecular weight is 1180 g/mol. The molecule has 4 fully saturated rings. The van der Waals surface area contributed by atoms with Gasteiger partial charge in [-0.3, -0.25) is 38.4 Å². The molecule has 4 saturated heterocycles. The lowest BCUT2D eigenvalue weighted by atomic mass is 9.96. The number of nitrogens with zero attached hydrogens (tertiary/aromatic N) is 4. The Morgan fingerprint density at radius 2 is 0.500 bits per heavy atom. The molecular weight excluding hydrogens is 1100 g/mol. The molecule has 5 aromatic carbocycles. The van der Waals surface area contributed by atoms with Gasteiger partial charge in [0.2, 0.25) is 24.4 Å². The first-order chi connectivity index (χ1) is 39.3. The monoisotopic (exact) mass is 1180 g/mol. The van der Waals surface area contributed by atoms with Gasteiger partial charge in [0.1, 0.15) is 23.1 Å². The molecule has 442 valence electrons. The van der Waals surface area contributed by atoms with Gasteiger partial charge in [-0.1, -0.05) is 121 Å². The second-order valence-electron chi connectivity index (χ2n) is 26.3. The van der Waals surface area contributed by atoms with Gasteiger partial charge in [-0.25, -0.2) is 20.0 Å². The van der Waals surface area contributed by atoms with Crippen LogP contribution in [0.25, 0.3) is 0 Å². The van der Waals surface area contributed by atoms with Crippen molar-refractivity contribution in [2.24, 2.45) is 21.7 Å². The molecular formula is C66H76N4O12P2. The lowest BCUT2D eigenvalue weighted by molar-refractivity contribution is -0.212. The molecule has 10 atom stereocenters. The van der Waals surface area contributed by atoms with Crippen molar-refractivity contribution in [1.82, 2.24) is 20.0 Å². The fourth-order valence-electron chi connectivity index (χ4n) is 10.8. The number of hydrogen-bond acceptors (Lipinski definition) is 12. The fourth-order valence-corrected chi connectivity index (χ4v) is 18.5. The minimum absolute atomic E-state index is 0.690. The van der Waals surface area contributed by atoms with E-state index in [1.807, 2.05) is 149 Å². The van der Waals surface area contributed by atoms with Crippen LogP contribution in [0.3, 0.4) is 0 Å². The van der Waals surface area contributed by atoms with Crippen molar-refractivity contribution in [1.29, 1.82) is 0 Å². The summed E-state index contributed by atoms with van der Waals surface area (Å²) in [6.07, 6.45) is -7.56. The van der Waals surface area contributed by atoms with Gasteiger partial charge >= 0.3 is 23.9 Å². The van der Waals surface area contributed by atoms with E-state index in [1.54, 1.807) is 83.1 Å². The molecule has 4 heterocycles. The third-order valence-electron chi connectivity index (χ3n) is 15.6. The number of carbonyl (C=O) groups excluding carboxylic acids is 8. The molecule has 0 aromatic heterocycles. The first-order valence-corrected chi connectivity index (χ1v) is 31.3. The van der Waals surface area contributed by atoms with Crippen LogP contribution in [-0.2, 0) is 57.3 Å². The Morgan fingerprint density at radius 3 is 0.679 bits per heavy atom. The minimum Gasteiger partial charge on any atom is -0.447 e. The van der Waals surface area contributed by atoms with E-state index >= 15 is 19.2 Å². The van der Waals surface area contributed by atoms with Crippen LogP contribution in [0.15, 0.2) is 121 Å². The van der Waals surface area contributed by atoms with E-state index in [-0.39, 0.29) is 0 Å². The number of amides is 4. The molecule has 4 aliphatic heterocycles. The van der Waals surface area contributed by atoms with Crippen LogP contribution in [0.5, 0.6) is 0 Å². The standard InChI is InChI=1S/C66H76N4O12P2/c1-37-27-17-21-31-41(37)55-67-51(71)47(79-59(75)63(5,6)7)48(80-60(76)64(8,9)10)52(72)68(67)56(42-32-22-18-28-38(42)2)83(55)45-35-25-26-36-46(45)84-57(43-33-23-19-29-39(43)3)69-53(73)49(81-61(77)65(11,12)13)50(82-62(78)66(14,15)16)54(74)70(69)58(84)44-34-24-20-30-40(44)4/h17-36,47-50,55-58H,1-16H3/t47-,48?,49-,50?,55+,56?,57+,58?,83?,84?/m1/s1. The maximum absolute atomic E-state index is 16.2. The van der Waals surface area contributed by atoms with Gasteiger partial charge in [-0.15, -0.1) is 0 Å². The Hall–Kier alpha value is -7.28. The zero-order chi connectivity index (χ0) is 61.4. The van der Waals surface area contributed by atoms with Crippen LogP contribution >= 0.6 is 15.8 Å². The maximum Gasteiger partial charge on any atom is 0.312 e. The van der Waals surface area contributed by atoms with E-state index < -0.39 is 133 Å². The van der Waals surface area contributed by atoms with Crippen molar-refractivity contribution in [2.75, 3.05) is 0 Å². The molecule has 0 saturated carbocycles. The smallest absolute Gasteiger partial charge is 0.312 e. The summed E-state index contributed by atoms with van der Waals surface area (Å²) in [5, 5.41) is 7.13. The molecule has 0 bridgehead atoms. The van der Waals surface area contributed by atoms with Gasteiger partial charge in [0.05, 0.1) is 21.7 Å². The van der Waals surface area contributed by atoms with Crippen LogP contribution in [-0.4, -0.2) is 92.0 Å². The highest BCUT2D eigenvalue weighted by atomic mass is 31.1. The van der Waals surface area contributed by atoms with Crippen molar-refractivity contribution in [2.45, 2.75) is 158 Å². The maximum atomic E-state index is 16.2. The summed E-state index contributed by atoms with van der Waals surface area (Å²) < 4.78 is 24.6. The quantitative estimate of drug-likeness (QED) is 0.0733. The second-order valence-corrected chi connectivity index (χ2v) is 30.8. The largest absolute Gasteiger partial charge is 0.447 e. The van der Waals surface area contributed by atoms with Crippen LogP contribution in [0.4, 0.5) is 0 Å². The summed E-state index contributed by atoms with van der Waals surface area (Å²) in [5.41, 5.74) is 1.33. The van der Waals surface area contributed by atoms with Crippen LogP contribution in [0.2, 0.25) is 0 Å². The Labute approximate surface area is 494 Å². The van der Waals surface area contributed by atoms with E-state index in [1.165, 1.54) is 20.0 Å². The zero-order valence-corrected chi connectivity index (χ0v) is 52.5. The van der Waals surface area contributed by atoms with Gasteiger partial charge in [0, 0.05) is 0 Å². The summed E-state index contributed by atoms with van der Waals surface area (Å²) in [5.74, 6) is -10.2. The highest BCUT2D eigenvalue weighted by Crippen LogP contribution is 2.74. The van der Waals surface area contributed by atoms with Crippen molar-refractivity contribution in [3.05, 3.63) is 166 Å². The van der Waals surface area contributed by atoms with Crippen LogP contribution < -0.4 is 10.6 Å². The number of ether oxygens (including phenoxy) is 4. The molecule has 16 nitrogen and oxygen atoms in total. The molecule has 9 rings (SSSR count). The van der Waals surface area contributed by atoms with Crippen LogP contribution in [0.1, 0.15) is 151 Å². The minimum atomic E-state index is -2.02. The molecule has 18 heteroatoms. The Balaban J connectivity index is 1.37. The predicted octanol–water partition coefficient (Wildman–Crippen LogP) is 11.0. The summed E-state index contributed by atoms with van der Waals surface area (Å²) >= 11 is 0. The summed E-state index contributed by atoms with van der Waals surface area (Å²) in [4.78, 5) is 121. The van der Waals surface area contributed by atoms with Crippen LogP contribution in [0, 0.1) is 49.4 Å². The van der Waals surface area contributed by atoms with Crippen molar-refractivity contribution >= 4 is 74.0 Å². The summed E-state index contributed by atoms with van der Waals surface area (Å²) in [6, 6.07) is 38.2. The molecule has 0 aliphatic carbocycles. The highest BCUT2D eigenvalue weighted by Gasteiger charge is 2.66. The number of esters is 4. The van der Waals surface area contributed by atoms with Crippen molar-refractivity contribution < 1.29 is 57.3 Å². The van der Waals surface area contributed by atoms with Gasteiger partial charge in [0.15, 0.2) is 0 Å². The molecule has 6 unspecified atom stereocenters. The van der Waals surface area contributed by atoms with Crippen molar-refractivity contribution in [3.63, 3.8) is 0 Å². The number of carbonyl (C=O) groups is 8. The van der Waals surface area contributed by atoms with Gasteiger partial charge in [0.25, 0.3) is 23.6 Å². The first kappa shape index (κ1) is 61.3. The van der Waals surface area contributed by atoms with E-state index in [2.05, 4.69) is 0 Å². The summed E-state index contributed by atoms with van der Waals surface area (Å²) in [7, 11) is -4.04. The van der Waals surface area contributed by atoms with E-state index in [9.17, 15) is 19.2 Å². The van der Waals surface area contributed by atoms with E-state index in [4.69, 9.17) is 18.9 Å². The number of hydrogen-bond donors (Lipinski definition) is 0. The van der Waals surface area contributed by atoms with Gasteiger partial charge in [-0.05, 0) is 182 Å². The number of hydrazine groups is 2. The third kappa shape index (κ3) is 11.0. The Morgan fingerprint density at radius 1 is 0.321 bits per heavy atom. The SMILES string of the molecule is Cc1ccccc1C1N2C(=O)C(OC(=O)C(C)(C)C)[C@@H](OC(=O)C(C)(C)C)C(=O)N2[C@H](c2ccccc2C)P1c1ccccc1P1C(c2ccccc2C)N2C(=O)C(OC(=O)C(C)(C)C)[C@@H](OC(=O)C(C)(C)C)C(=O)N2[C@@H]1c1ccccc1C. The second kappa shape index (κ2) is 22.6. The third-order valence-corrected chi connectivity index (χ3v) is 21.7. The van der Waals surface area contributed by atoms with E-state index in [0.29, 0.717) is 32.9 Å². The Bertz CT molecular complexity index is 3050. The van der Waals surface area contributed by atoms with E-state index in [0.717, 1.165) is 22.3 Å². The number of fused-ring (bicyclic) bond motifs is 2. The molecule has 4 aliphatic rings. The lowest BCUT2D eigenvalue weighted by Crippen LogP contribution is -2.65. The Kier molecular flexibility index (Phi) is 16.5. The van der Waals surface area contributed by atoms with Crippen molar-refractivity contribution in [3.8, 4) is 0 Å². The van der Waals surface area contributed by atoms with Gasteiger partial charge in [-0.2, -0.15) is 0 Å². The predicted molar refractivity (Wildman–Crippen MR) is 320 cm³/mol. The molecule has 0 N–H and O–H groups in total. The fraction of sp³-hybridized carbons (Fsp3) is 0.424. The molecule has 84 heavy (non-hydrogen) atoms. The number of benzene rings is 5. The molecule has 0 radical (unpaired) electrons. The number of rotatable bonds is 10. The lowest BCUT2D eigenvalue weighted by Gasteiger charge is -2.44. The molecule has 4 amide bonds. The average Bonchev–Trinajstić information content (AvgIpc) is 1.58. The van der Waals surface area contributed by atoms with Gasteiger partial charge < -0.3 is 18.9 Å². The molecule has 0 spiro atoms. The topological polar surface area (TPSA) is 186 Å². The summed E-state index contributed by atoms with van der Waals surface area (Å²) in [6.45, 7) is 27.3. The first-order valence-electron chi connectivity index (χ1n) is 28.3.